The average molecular weight is 658 g/mol. The predicted molar refractivity (Wildman–Crippen MR) is 160 cm³/mol. The molecule has 0 saturated heterocycles. The van der Waals surface area contributed by atoms with Crippen LogP contribution in [0.15, 0.2) is 76.2 Å². The van der Waals surface area contributed by atoms with Crippen LogP contribution in [-0.4, -0.2) is 52.3 Å². The van der Waals surface area contributed by atoms with E-state index in [0.717, 1.165) is 18.4 Å². The molecule has 3 heterocycles. The van der Waals surface area contributed by atoms with E-state index in [1.807, 2.05) is 0 Å². The van der Waals surface area contributed by atoms with Gasteiger partial charge in [0, 0.05) is 24.9 Å². The summed E-state index contributed by atoms with van der Waals surface area (Å²) in [6.07, 6.45) is 0.705. The molecule has 6 rings (SSSR count). The number of alkyl halides is 3. The number of rotatable bonds is 7. The highest BCUT2D eigenvalue weighted by Crippen LogP contribution is 2.56. The summed E-state index contributed by atoms with van der Waals surface area (Å²) in [4.78, 5) is 8.26. The molecule has 46 heavy (non-hydrogen) atoms. The van der Waals surface area contributed by atoms with Crippen molar-refractivity contribution in [2.75, 3.05) is 12.9 Å². The quantitative estimate of drug-likeness (QED) is 0.272. The highest BCUT2D eigenvalue weighted by atomic mass is 32.2. The number of ether oxygens (including phenoxy) is 2. The number of aromatic nitrogens is 3. The lowest BCUT2D eigenvalue weighted by Crippen LogP contribution is -2.57. The fraction of sp³-hybridized carbons (Fsp3) is 0.312. The molecule has 1 aliphatic heterocycles. The third-order valence-electron chi connectivity index (χ3n) is 8.05. The van der Waals surface area contributed by atoms with E-state index in [9.17, 15) is 27.4 Å². The highest BCUT2D eigenvalue weighted by molar-refractivity contribution is 7.94. The van der Waals surface area contributed by atoms with Crippen molar-refractivity contribution in [1.82, 2.24) is 14.5 Å². The van der Waals surface area contributed by atoms with Crippen molar-refractivity contribution in [2.24, 2.45) is 0 Å². The highest BCUT2D eigenvalue weighted by Gasteiger charge is 2.63. The monoisotopic (exact) mass is 657 g/mol. The molecule has 0 saturated carbocycles. The zero-order valence-electron chi connectivity index (χ0n) is 25.4. The molecule has 0 fully saturated rings. The standard InChI is InChI=1S/C32H30F3N3O7S/c1-18-36-25(29(3,4)40)16-38(18)31(17-39)26(46(5,41)42)14-22(20-9-7-6-8-10-20)15-30(31,33)28-27(43-19(2)37-28)21-11-12-23-24(13-21)45-32(34,35)44-23/h6-16,39-40H,17H2,1-5H3. The van der Waals surface area contributed by atoms with Gasteiger partial charge >= 0.3 is 6.29 Å². The van der Waals surface area contributed by atoms with Crippen molar-refractivity contribution in [2.45, 2.75) is 50.8 Å². The van der Waals surface area contributed by atoms with Gasteiger partial charge in [-0.3, -0.25) is 0 Å². The second-order valence-corrected chi connectivity index (χ2v) is 13.8. The van der Waals surface area contributed by atoms with Gasteiger partial charge in [-0.25, -0.2) is 22.8 Å². The van der Waals surface area contributed by atoms with Crippen molar-refractivity contribution >= 4 is 15.4 Å². The van der Waals surface area contributed by atoms with Gasteiger partial charge in [-0.1, -0.05) is 30.3 Å². The molecule has 0 radical (unpaired) electrons. The number of hydrogen-bond donors (Lipinski definition) is 2. The van der Waals surface area contributed by atoms with Crippen molar-refractivity contribution < 1.29 is 45.7 Å². The molecular weight excluding hydrogens is 627 g/mol. The summed E-state index contributed by atoms with van der Waals surface area (Å²) in [5.74, 6) is -0.804. The summed E-state index contributed by atoms with van der Waals surface area (Å²) >= 11 is 0. The van der Waals surface area contributed by atoms with Crippen LogP contribution in [0.2, 0.25) is 0 Å². The number of sulfone groups is 1. The molecule has 4 aromatic rings. The molecule has 0 bridgehead atoms. The van der Waals surface area contributed by atoms with E-state index < -0.39 is 50.1 Å². The summed E-state index contributed by atoms with van der Waals surface area (Å²) in [6, 6.07) is 12.2. The minimum Gasteiger partial charge on any atom is -0.441 e. The number of fused-ring (bicyclic) bond motifs is 1. The zero-order valence-corrected chi connectivity index (χ0v) is 26.2. The van der Waals surface area contributed by atoms with Crippen LogP contribution in [-0.2, 0) is 26.6 Å². The number of hydrogen-bond acceptors (Lipinski definition) is 9. The van der Waals surface area contributed by atoms with Gasteiger partial charge in [0.05, 0.1) is 17.2 Å². The summed E-state index contributed by atoms with van der Waals surface area (Å²) in [7, 11) is -4.32. The van der Waals surface area contributed by atoms with Crippen molar-refractivity contribution in [3.8, 4) is 22.8 Å². The SMILES string of the molecule is Cc1nc(C2(F)C=C(c3ccccc3)C=C(S(C)(=O)=O)C2(CO)n2cc(C(C)(C)O)nc2C)c(-c2ccc3c(c2)OC(F)(F)O3)o1. The Hall–Kier alpha value is -4.40. The second-order valence-electron chi connectivity index (χ2n) is 11.8. The number of aliphatic hydroxyl groups excluding tert-OH is 1. The number of aliphatic hydroxyl groups is 2. The van der Waals surface area contributed by atoms with E-state index in [1.54, 1.807) is 30.3 Å². The maximum Gasteiger partial charge on any atom is 0.586 e. The number of imidazole rings is 1. The molecule has 2 N–H and O–H groups in total. The van der Waals surface area contributed by atoms with E-state index in [2.05, 4.69) is 19.4 Å². The molecule has 2 aliphatic rings. The minimum absolute atomic E-state index is 0.0403. The second kappa shape index (κ2) is 10.3. The summed E-state index contributed by atoms with van der Waals surface area (Å²) < 4.78 is 90.2. The fourth-order valence-electron chi connectivity index (χ4n) is 5.97. The number of halogens is 3. The van der Waals surface area contributed by atoms with E-state index in [1.165, 1.54) is 56.7 Å². The van der Waals surface area contributed by atoms with E-state index in [4.69, 9.17) is 4.42 Å². The first-order chi connectivity index (χ1) is 21.4. The van der Waals surface area contributed by atoms with Crippen LogP contribution in [0.5, 0.6) is 11.5 Å². The van der Waals surface area contributed by atoms with Gasteiger partial charge in [0.15, 0.2) is 33.0 Å². The topological polar surface area (TPSA) is 137 Å². The van der Waals surface area contributed by atoms with Crippen LogP contribution in [0.1, 0.15) is 42.5 Å². The van der Waals surface area contributed by atoms with E-state index in [0.29, 0.717) is 5.56 Å². The molecule has 2 atom stereocenters. The summed E-state index contributed by atoms with van der Waals surface area (Å²) in [6.45, 7) is 4.71. The Morgan fingerprint density at radius 1 is 0.978 bits per heavy atom. The van der Waals surface area contributed by atoms with Gasteiger partial charge in [-0.15, -0.1) is 8.78 Å². The molecule has 2 unspecified atom stereocenters. The molecule has 2 aromatic carbocycles. The Morgan fingerprint density at radius 2 is 1.65 bits per heavy atom. The van der Waals surface area contributed by atoms with Gasteiger partial charge in [0.25, 0.3) is 0 Å². The molecule has 0 spiro atoms. The van der Waals surface area contributed by atoms with Crippen molar-refractivity contribution in [3.05, 3.63) is 100 Å². The number of allylic oxidation sites excluding steroid dienone is 3. The van der Waals surface area contributed by atoms with Crippen LogP contribution in [0.3, 0.4) is 0 Å². The molecular formula is C32H30F3N3O7S. The van der Waals surface area contributed by atoms with Crippen LogP contribution in [0, 0.1) is 13.8 Å². The largest absolute Gasteiger partial charge is 0.586 e. The first-order valence-corrected chi connectivity index (χ1v) is 16.0. The molecule has 242 valence electrons. The maximum absolute atomic E-state index is 18.9. The smallest absolute Gasteiger partial charge is 0.441 e. The lowest BCUT2D eigenvalue weighted by atomic mass is 9.72. The first-order valence-electron chi connectivity index (χ1n) is 14.1. The van der Waals surface area contributed by atoms with Crippen LogP contribution in [0.4, 0.5) is 13.2 Å². The third-order valence-corrected chi connectivity index (χ3v) is 9.30. The number of aryl methyl sites for hydroxylation is 2. The van der Waals surface area contributed by atoms with Crippen molar-refractivity contribution in [1.29, 1.82) is 0 Å². The van der Waals surface area contributed by atoms with Crippen LogP contribution >= 0.6 is 0 Å². The number of oxazole rings is 1. The normalized spacial score (nSPS) is 22.5. The zero-order chi connectivity index (χ0) is 33.4. The summed E-state index contributed by atoms with van der Waals surface area (Å²) in [5, 5.41) is 22.1. The Balaban J connectivity index is 1.70. The van der Waals surface area contributed by atoms with Crippen LogP contribution < -0.4 is 9.47 Å². The van der Waals surface area contributed by atoms with Crippen molar-refractivity contribution in [3.63, 3.8) is 0 Å². The number of nitrogens with zero attached hydrogens (tertiary/aromatic N) is 3. The Kier molecular flexibility index (Phi) is 7.07. The fourth-order valence-corrected chi connectivity index (χ4v) is 7.23. The van der Waals surface area contributed by atoms with E-state index >= 15 is 4.39 Å². The minimum atomic E-state index is -4.32. The Morgan fingerprint density at radius 3 is 2.26 bits per heavy atom. The van der Waals surface area contributed by atoms with Gasteiger partial charge in [0.2, 0.25) is 5.67 Å². The van der Waals surface area contributed by atoms with Gasteiger partial charge < -0.3 is 28.7 Å². The molecule has 2 aromatic heterocycles. The first kappa shape index (κ1) is 31.6. The maximum atomic E-state index is 18.9. The predicted octanol–water partition coefficient (Wildman–Crippen LogP) is 5.28. The van der Waals surface area contributed by atoms with Gasteiger partial charge in [-0.05, 0) is 62.3 Å². The third kappa shape index (κ3) is 4.91. The Labute approximate surface area is 262 Å². The average Bonchev–Trinajstić information content (AvgIpc) is 3.65. The van der Waals surface area contributed by atoms with Gasteiger partial charge in [-0.2, -0.15) is 0 Å². The Bertz CT molecular complexity index is 2030. The van der Waals surface area contributed by atoms with E-state index in [-0.39, 0.29) is 45.8 Å². The molecule has 1 aliphatic carbocycles. The van der Waals surface area contributed by atoms with Crippen LogP contribution in [0.25, 0.3) is 16.9 Å². The molecule has 14 heteroatoms. The summed E-state index contributed by atoms with van der Waals surface area (Å²) in [5.41, 5.74) is -6.72. The molecule has 10 nitrogen and oxygen atoms in total. The molecule has 0 amide bonds. The lowest BCUT2D eigenvalue weighted by Gasteiger charge is -2.46. The lowest BCUT2D eigenvalue weighted by molar-refractivity contribution is -0.286. The van der Waals surface area contributed by atoms with Gasteiger partial charge in [0.1, 0.15) is 22.7 Å². The number of benzene rings is 2.